The number of rotatable bonds is 5. The summed E-state index contributed by atoms with van der Waals surface area (Å²) in [6.07, 6.45) is 0.843. The zero-order valence-electron chi connectivity index (χ0n) is 12.7. The molecule has 1 N–H and O–H groups in total. The van der Waals surface area contributed by atoms with Crippen molar-refractivity contribution in [2.24, 2.45) is 0 Å². The fraction of sp³-hybridized carbons (Fsp3) is 0.400. The normalized spacial score (nSPS) is 18.0. The summed E-state index contributed by atoms with van der Waals surface area (Å²) in [6, 6.07) is 7.16. The Labute approximate surface area is 138 Å². The van der Waals surface area contributed by atoms with E-state index in [2.05, 4.69) is 9.82 Å². The van der Waals surface area contributed by atoms with Gasteiger partial charge in [0.1, 0.15) is 23.8 Å². The molecule has 1 aromatic heterocycles. The van der Waals surface area contributed by atoms with Gasteiger partial charge < -0.3 is 4.74 Å². The number of nitrogens with zero attached hydrogens (tertiary/aromatic N) is 2. The van der Waals surface area contributed by atoms with Crippen LogP contribution >= 0.6 is 0 Å². The Balaban J connectivity index is 1.68. The molecule has 0 fully saturated rings. The van der Waals surface area contributed by atoms with Gasteiger partial charge in [0.05, 0.1) is 12.2 Å². The predicted octanol–water partition coefficient (Wildman–Crippen LogP) is 1.82. The van der Waals surface area contributed by atoms with Gasteiger partial charge in [-0.05, 0) is 24.5 Å². The molecule has 0 saturated heterocycles. The first-order valence-electron chi connectivity index (χ1n) is 7.48. The summed E-state index contributed by atoms with van der Waals surface area (Å²) in [5, 5.41) is 3.65. The summed E-state index contributed by atoms with van der Waals surface area (Å²) >= 11 is 0. The number of fused-ring (bicyclic) bond motifs is 1. The minimum absolute atomic E-state index is 0.134. The number of nitrogens with one attached hydrogen (secondary N) is 1. The summed E-state index contributed by atoms with van der Waals surface area (Å²) in [7, 11) is -3.84. The molecule has 9 heteroatoms. The van der Waals surface area contributed by atoms with Gasteiger partial charge in [0.2, 0.25) is 10.0 Å². The van der Waals surface area contributed by atoms with Gasteiger partial charge in [-0.15, -0.1) is 0 Å². The van der Waals surface area contributed by atoms with E-state index in [0.717, 1.165) is 28.4 Å². The Morgan fingerprint density at radius 2 is 2.17 bits per heavy atom. The molecule has 3 rings (SSSR count). The maximum atomic E-state index is 12.4. The van der Waals surface area contributed by atoms with Crippen molar-refractivity contribution < 1.29 is 21.9 Å². The van der Waals surface area contributed by atoms with Crippen LogP contribution in [0.5, 0.6) is 5.75 Å². The van der Waals surface area contributed by atoms with Crippen molar-refractivity contribution in [3.8, 4) is 5.75 Å². The van der Waals surface area contributed by atoms with Gasteiger partial charge in [-0.2, -0.15) is 5.10 Å². The van der Waals surface area contributed by atoms with Crippen LogP contribution in [0.25, 0.3) is 0 Å². The SMILES string of the molecule is O=S(=O)(NC1CCc2ccccc2OC1)c1cnn(CC(F)F)c1. The highest BCUT2D eigenvalue weighted by molar-refractivity contribution is 7.89. The van der Waals surface area contributed by atoms with Crippen LogP contribution in [0.4, 0.5) is 8.78 Å². The van der Waals surface area contributed by atoms with E-state index >= 15 is 0 Å². The molecule has 1 aliphatic heterocycles. The molecule has 0 aliphatic carbocycles. The third-order valence-corrected chi connectivity index (χ3v) is 5.22. The Morgan fingerprint density at radius 3 is 2.96 bits per heavy atom. The first-order chi connectivity index (χ1) is 11.4. The van der Waals surface area contributed by atoms with Crippen LogP contribution < -0.4 is 9.46 Å². The van der Waals surface area contributed by atoms with Crippen molar-refractivity contribution >= 4 is 10.0 Å². The van der Waals surface area contributed by atoms with Gasteiger partial charge in [-0.3, -0.25) is 4.68 Å². The summed E-state index contributed by atoms with van der Waals surface area (Å²) in [5.41, 5.74) is 1.03. The monoisotopic (exact) mass is 357 g/mol. The van der Waals surface area contributed by atoms with Gasteiger partial charge in [0.15, 0.2) is 0 Å². The lowest BCUT2D eigenvalue weighted by molar-refractivity contribution is 0.121. The summed E-state index contributed by atoms with van der Waals surface area (Å²) in [5.74, 6) is 0.754. The van der Waals surface area contributed by atoms with Crippen LogP contribution in [0.15, 0.2) is 41.6 Å². The molecule has 130 valence electrons. The number of hydrogen-bond acceptors (Lipinski definition) is 4. The highest BCUT2D eigenvalue weighted by atomic mass is 32.2. The van der Waals surface area contributed by atoms with E-state index in [0.29, 0.717) is 12.8 Å². The third kappa shape index (κ3) is 3.90. The first-order valence-corrected chi connectivity index (χ1v) is 8.96. The number of sulfonamides is 1. The molecule has 1 unspecified atom stereocenters. The molecule has 0 saturated carbocycles. The Morgan fingerprint density at radius 1 is 1.38 bits per heavy atom. The van der Waals surface area contributed by atoms with E-state index in [1.54, 1.807) is 0 Å². The highest BCUT2D eigenvalue weighted by Crippen LogP contribution is 2.24. The van der Waals surface area contributed by atoms with Crippen LogP contribution in [0.1, 0.15) is 12.0 Å². The predicted molar refractivity (Wildman–Crippen MR) is 82.6 cm³/mol. The number of para-hydroxylation sites is 1. The fourth-order valence-corrected chi connectivity index (χ4v) is 3.77. The van der Waals surface area contributed by atoms with Crippen LogP contribution in [0.3, 0.4) is 0 Å². The van der Waals surface area contributed by atoms with E-state index < -0.39 is 29.0 Å². The van der Waals surface area contributed by atoms with Crippen molar-refractivity contribution in [1.82, 2.24) is 14.5 Å². The molecule has 6 nitrogen and oxygen atoms in total. The van der Waals surface area contributed by atoms with Crippen LogP contribution in [-0.2, 0) is 23.0 Å². The zero-order valence-corrected chi connectivity index (χ0v) is 13.5. The van der Waals surface area contributed by atoms with Crippen molar-refractivity contribution in [3.63, 3.8) is 0 Å². The van der Waals surface area contributed by atoms with E-state index in [1.807, 2.05) is 24.3 Å². The number of aromatic nitrogens is 2. The molecule has 0 amide bonds. The second-order valence-corrected chi connectivity index (χ2v) is 7.28. The molecule has 1 aliphatic rings. The molecule has 0 bridgehead atoms. The molecule has 24 heavy (non-hydrogen) atoms. The van der Waals surface area contributed by atoms with Crippen LogP contribution in [0, 0.1) is 0 Å². The van der Waals surface area contributed by atoms with Gasteiger partial charge >= 0.3 is 0 Å². The molecule has 0 spiro atoms. The number of aryl methyl sites for hydroxylation is 1. The quantitative estimate of drug-likeness (QED) is 0.886. The second kappa shape index (κ2) is 6.86. The smallest absolute Gasteiger partial charge is 0.257 e. The number of hydrogen-bond donors (Lipinski definition) is 1. The van der Waals surface area contributed by atoms with Crippen LogP contribution in [-0.4, -0.2) is 37.3 Å². The topological polar surface area (TPSA) is 73.2 Å². The van der Waals surface area contributed by atoms with E-state index in [-0.39, 0.29) is 11.5 Å². The summed E-state index contributed by atoms with van der Waals surface area (Å²) < 4.78 is 58.5. The second-order valence-electron chi connectivity index (χ2n) is 5.56. The average molecular weight is 357 g/mol. The number of ether oxygens (including phenoxy) is 1. The van der Waals surface area contributed by atoms with Gasteiger partial charge in [-0.1, -0.05) is 18.2 Å². The number of alkyl halides is 2. The average Bonchev–Trinajstić information content (AvgIpc) is 2.90. The first kappa shape index (κ1) is 16.8. The number of benzene rings is 1. The molecule has 1 aromatic carbocycles. The molecule has 1 atom stereocenters. The third-order valence-electron chi connectivity index (χ3n) is 3.74. The molecular formula is C15H17F2N3O3S. The Bertz CT molecular complexity index is 781. The van der Waals surface area contributed by atoms with Gasteiger partial charge in [-0.25, -0.2) is 21.9 Å². The van der Waals surface area contributed by atoms with Crippen molar-refractivity contribution in [2.45, 2.75) is 36.7 Å². The van der Waals surface area contributed by atoms with E-state index in [9.17, 15) is 17.2 Å². The fourth-order valence-electron chi connectivity index (χ4n) is 2.56. The molecule has 2 aromatic rings. The largest absolute Gasteiger partial charge is 0.492 e. The summed E-state index contributed by atoms with van der Waals surface area (Å²) in [4.78, 5) is -0.134. The van der Waals surface area contributed by atoms with Crippen molar-refractivity contribution in [1.29, 1.82) is 0 Å². The van der Waals surface area contributed by atoms with Crippen LogP contribution in [0.2, 0.25) is 0 Å². The Hall–Kier alpha value is -2.00. The molecule has 0 radical (unpaired) electrons. The lowest BCUT2D eigenvalue weighted by atomic mass is 10.1. The van der Waals surface area contributed by atoms with E-state index in [1.165, 1.54) is 0 Å². The molecule has 2 heterocycles. The molecular weight excluding hydrogens is 340 g/mol. The zero-order chi connectivity index (χ0) is 17.2. The number of halogens is 2. The maximum absolute atomic E-state index is 12.4. The van der Waals surface area contributed by atoms with E-state index in [4.69, 9.17) is 4.74 Å². The summed E-state index contributed by atoms with van der Waals surface area (Å²) in [6.45, 7) is -0.432. The van der Waals surface area contributed by atoms with Gasteiger partial charge in [0, 0.05) is 6.20 Å². The van der Waals surface area contributed by atoms with Crippen molar-refractivity contribution in [2.75, 3.05) is 6.61 Å². The lowest BCUT2D eigenvalue weighted by Crippen LogP contribution is -2.38. The van der Waals surface area contributed by atoms with Crippen molar-refractivity contribution in [3.05, 3.63) is 42.2 Å². The maximum Gasteiger partial charge on any atom is 0.257 e. The highest BCUT2D eigenvalue weighted by Gasteiger charge is 2.24. The minimum Gasteiger partial charge on any atom is -0.492 e. The van der Waals surface area contributed by atoms with Gasteiger partial charge in [0.25, 0.3) is 6.43 Å². The minimum atomic E-state index is -3.84. The Kier molecular flexibility index (Phi) is 4.81. The lowest BCUT2D eigenvalue weighted by Gasteiger charge is -2.15. The standard InChI is InChI=1S/C15H17F2N3O3S/c16-15(17)9-20-8-13(7-18-20)24(21,22)19-12-6-5-11-3-1-2-4-14(11)23-10-12/h1-4,7-8,12,15,19H,5-6,9-10H2.